The molecule has 1 N–H and O–H groups in total. The van der Waals surface area contributed by atoms with Gasteiger partial charge in [0.1, 0.15) is 6.04 Å². The van der Waals surface area contributed by atoms with Crippen molar-refractivity contribution in [3.8, 4) is 0 Å². The number of nitrogens with one attached hydrogen (secondary N) is 1. The number of rotatable bonds is 7. The van der Waals surface area contributed by atoms with Gasteiger partial charge in [0, 0.05) is 16.8 Å². The Balaban J connectivity index is 1.71. The average Bonchev–Trinajstić information content (AvgIpc) is 3.32. The Morgan fingerprint density at radius 3 is 2.38 bits per heavy atom. The number of nitrogens with zero attached hydrogens (tertiary/aromatic N) is 1. The van der Waals surface area contributed by atoms with Gasteiger partial charge in [-0.15, -0.1) is 0 Å². The molecule has 1 atom stereocenters. The molecule has 1 aliphatic carbocycles. The third-order valence-corrected chi connectivity index (χ3v) is 6.87. The molecule has 1 aliphatic rings. The summed E-state index contributed by atoms with van der Waals surface area (Å²) in [7, 11) is 0. The highest BCUT2D eigenvalue weighted by molar-refractivity contribution is 7.08. The van der Waals surface area contributed by atoms with E-state index in [0.29, 0.717) is 10.7 Å². The molecule has 1 fully saturated rings. The van der Waals surface area contributed by atoms with Crippen LogP contribution in [0.25, 0.3) is 0 Å². The van der Waals surface area contributed by atoms with Gasteiger partial charge in [0.2, 0.25) is 11.8 Å². The van der Waals surface area contributed by atoms with Crippen LogP contribution in [0.2, 0.25) is 5.02 Å². The van der Waals surface area contributed by atoms with E-state index >= 15 is 0 Å². The van der Waals surface area contributed by atoms with Gasteiger partial charge in [-0.3, -0.25) is 14.5 Å². The van der Waals surface area contributed by atoms with Crippen LogP contribution in [0.5, 0.6) is 0 Å². The van der Waals surface area contributed by atoms with Gasteiger partial charge in [0.25, 0.3) is 0 Å². The fourth-order valence-electron chi connectivity index (χ4n) is 4.27. The van der Waals surface area contributed by atoms with Crippen molar-refractivity contribution in [1.29, 1.82) is 0 Å². The molecular formula is C26H27ClN2O2S. The van der Waals surface area contributed by atoms with Crippen LogP contribution in [0.3, 0.4) is 0 Å². The summed E-state index contributed by atoms with van der Waals surface area (Å²) < 4.78 is 0. The van der Waals surface area contributed by atoms with Gasteiger partial charge in [-0.2, -0.15) is 11.3 Å². The van der Waals surface area contributed by atoms with Crippen molar-refractivity contribution in [3.05, 3.63) is 87.6 Å². The van der Waals surface area contributed by atoms with E-state index in [4.69, 9.17) is 11.6 Å². The summed E-state index contributed by atoms with van der Waals surface area (Å²) >= 11 is 7.68. The second-order valence-electron chi connectivity index (χ2n) is 8.21. The predicted molar refractivity (Wildman–Crippen MR) is 131 cm³/mol. The Morgan fingerprint density at radius 2 is 1.72 bits per heavy atom. The molecule has 1 saturated carbocycles. The Labute approximate surface area is 198 Å². The highest BCUT2D eigenvalue weighted by atomic mass is 35.5. The summed E-state index contributed by atoms with van der Waals surface area (Å²) in [6.07, 6.45) is 5.66. The number of hydrogen-bond acceptors (Lipinski definition) is 3. The van der Waals surface area contributed by atoms with Gasteiger partial charge < -0.3 is 5.32 Å². The molecule has 2 amide bonds. The van der Waals surface area contributed by atoms with Crippen LogP contribution >= 0.6 is 22.9 Å². The summed E-state index contributed by atoms with van der Waals surface area (Å²) in [4.78, 5) is 28.9. The zero-order valence-electron chi connectivity index (χ0n) is 17.9. The van der Waals surface area contributed by atoms with Crippen LogP contribution < -0.4 is 10.2 Å². The summed E-state index contributed by atoms with van der Waals surface area (Å²) in [5, 5.41) is 7.75. The molecule has 0 unspecified atom stereocenters. The smallest absolute Gasteiger partial charge is 0.248 e. The fraction of sp³-hybridized carbons (Fsp3) is 0.308. The molecule has 0 aliphatic heterocycles. The minimum absolute atomic E-state index is 0.127. The Kier molecular flexibility index (Phi) is 7.61. The quantitative estimate of drug-likeness (QED) is 0.452. The number of halogens is 1. The minimum atomic E-state index is -0.759. The van der Waals surface area contributed by atoms with Crippen molar-refractivity contribution in [2.75, 3.05) is 4.90 Å². The topological polar surface area (TPSA) is 49.4 Å². The molecule has 1 heterocycles. The molecule has 32 heavy (non-hydrogen) atoms. The first-order chi connectivity index (χ1) is 15.6. The second kappa shape index (κ2) is 10.8. The molecule has 3 aromatic rings. The van der Waals surface area contributed by atoms with Crippen LogP contribution in [0.4, 0.5) is 5.69 Å². The zero-order chi connectivity index (χ0) is 22.3. The van der Waals surface area contributed by atoms with Crippen molar-refractivity contribution in [2.45, 2.75) is 50.6 Å². The molecule has 6 heteroatoms. The van der Waals surface area contributed by atoms with Gasteiger partial charge >= 0.3 is 0 Å². The van der Waals surface area contributed by atoms with Crippen molar-refractivity contribution in [2.24, 2.45) is 0 Å². The van der Waals surface area contributed by atoms with E-state index in [1.165, 1.54) is 6.42 Å². The predicted octanol–water partition coefficient (Wildman–Crippen LogP) is 6.17. The lowest BCUT2D eigenvalue weighted by atomic mass is 9.94. The van der Waals surface area contributed by atoms with Crippen molar-refractivity contribution >= 4 is 40.4 Å². The van der Waals surface area contributed by atoms with Crippen molar-refractivity contribution < 1.29 is 9.59 Å². The molecule has 166 valence electrons. The van der Waals surface area contributed by atoms with Crippen LogP contribution in [-0.4, -0.2) is 17.9 Å². The van der Waals surface area contributed by atoms with Gasteiger partial charge in [-0.05, 0) is 65.1 Å². The zero-order valence-corrected chi connectivity index (χ0v) is 19.4. The van der Waals surface area contributed by atoms with E-state index in [-0.39, 0.29) is 24.3 Å². The van der Waals surface area contributed by atoms with Crippen LogP contribution in [-0.2, 0) is 16.0 Å². The van der Waals surface area contributed by atoms with Crippen LogP contribution in [0.15, 0.2) is 71.4 Å². The van der Waals surface area contributed by atoms with E-state index in [2.05, 4.69) is 5.32 Å². The maximum absolute atomic E-state index is 13.7. The molecule has 2 aromatic carbocycles. The summed E-state index contributed by atoms with van der Waals surface area (Å²) in [5.41, 5.74) is 2.38. The monoisotopic (exact) mass is 466 g/mol. The Morgan fingerprint density at radius 1 is 1.00 bits per heavy atom. The molecule has 4 rings (SSSR count). The van der Waals surface area contributed by atoms with E-state index in [1.807, 2.05) is 47.2 Å². The SMILES string of the molecule is O=C(NC1CCCCC1)[C@H](c1ccccc1)N(C(=O)Cc1ccsc1)c1ccc(Cl)cc1. The van der Waals surface area contributed by atoms with Gasteiger partial charge in [-0.25, -0.2) is 0 Å². The fourth-order valence-corrected chi connectivity index (χ4v) is 5.07. The second-order valence-corrected chi connectivity index (χ2v) is 9.42. The van der Waals surface area contributed by atoms with E-state index < -0.39 is 6.04 Å². The molecular weight excluding hydrogens is 440 g/mol. The number of anilines is 1. The number of amides is 2. The largest absolute Gasteiger partial charge is 0.351 e. The van der Waals surface area contributed by atoms with Gasteiger partial charge in [0.05, 0.1) is 6.42 Å². The summed E-state index contributed by atoms with van der Waals surface area (Å²) in [6, 6.07) is 18.0. The molecule has 4 nitrogen and oxygen atoms in total. The number of hydrogen-bond donors (Lipinski definition) is 1. The van der Waals surface area contributed by atoms with Crippen molar-refractivity contribution in [3.63, 3.8) is 0 Å². The lowest BCUT2D eigenvalue weighted by Crippen LogP contribution is -2.47. The maximum Gasteiger partial charge on any atom is 0.248 e. The maximum atomic E-state index is 13.7. The summed E-state index contributed by atoms with van der Waals surface area (Å²) in [6.45, 7) is 0. The minimum Gasteiger partial charge on any atom is -0.351 e. The van der Waals surface area contributed by atoms with Crippen LogP contribution in [0, 0.1) is 0 Å². The Bertz CT molecular complexity index is 1020. The average molecular weight is 467 g/mol. The third kappa shape index (κ3) is 5.59. The first kappa shape index (κ1) is 22.6. The number of thiophene rings is 1. The van der Waals surface area contributed by atoms with E-state index in [1.54, 1.807) is 40.5 Å². The number of carbonyl (C=O) groups is 2. The lowest BCUT2D eigenvalue weighted by Gasteiger charge is -2.33. The molecule has 0 radical (unpaired) electrons. The molecule has 0 spiro atoms. The highest BCUT2D eigenvalue weighted by Crippen LogP contribution is 2.31. The normalized spacial score (nSPS) is 15.2. The number of benzene rings is 2. The van der Waals surface area contributed by atoms with Gasteiger partial charge in [-0.1, -0.05) is 61.2 Å². The van der Waals surface area contributed by atoms with E-state index in [0.717, 1.165) is 36.8 Å². The highest BCUT2D eigenvalue weighted by Gasteiger charge is 2.34. The Hall–Kier alpha value is -2.63. The molecule has 1 aromatic heterocycles. The van der Waals surface area contributed by atoms with Crippen LogP contribution in [0.1, 0.15) is 49.3 Å². The molecule has 0 bridgehead atoms. The third-order valence-electron chi connectivity index (χ3n) is 5.88. The molecule has 0 saturated heterocycles. The van der Waals surface area contributed by atoms with E-state index in [9.17, 15) is 9.59 Å². The van der Waals surface area contributed by atoms with Gasteiger partial charge in [0.15, 0.2) is 0 Å². The summed E-state index contributed by atoms with van der Waals surface area (Å²) in [5.74, 6) is -0.268. The van der Waals surface area contributed by atoms with Crippen molar-refractivity contribution in [1.82, 2.24) is 5.32 Å². The lowest BCUT2D eigenvalue weighted by molar-refractivity contribution is -0.127. The first-order valence-electron chi connectivity index (χ1n) is 11.1. The first-order valence-corrected chi connectivity index (χ1v) is 12.4. The standard InChI is InChI=1S/C26H27ClN2O2S/c27-21-11-13-23(14-12-21)29(24(30)17-19-15-16-32-18-19)25(20-7-3-1-4-8-20)26(31)28-22-9-5-2-6-10-22/h1,3-4,7-8,11-16,18,22,25H,2,5-6,9-10,17H2,(H,28,31)/t25-/m0/s1. The number of carbonyl (C=O) groups excluding carboxylic acids is 2.